The Morgan fingerprint density at radius 1 is 1.31 bits per heavy atom. The van der Waals surface area contributed by atoms with Crippen molar-refractivity contribution in [1.82, 2.24) is 5.32 Å². The fourth-order valence-electron chi connectivity index (χ4n) is 0.880. The number of hydrogen-bond donors (Lipinski definition) is 1. The summed E-state index contributed by atoms with van der Waals surface area (Å²) in [5, 5.41) is 2.71. The Morgan fingerprint density at radius 3 is 2.38 bits per heavy atom. The second-order valence-electron chi connectivity index (χ2n) is 4.14. The molecule has 0 spiro atoms. The standard InChI is InChI=1S/C10H21NO2/c1-5-6-7-8-11-9(12)13-10(2,3)4/h5-8H2,1-4H3,(H,11,12). The number of amides is 1. The summed E-state index contributed by atoms with van der Waals surface area (Å²) in [7, 11) is 0. The third-order valence-electron chi connectivity index (χ3n) is 1.45. The molecule has 0 saturated carbocycles. The third-order valence-corrected chi connectivity index (χ3v) is 1.45. The van der Waals surface area contributed by atoms with Crippen LogP contribution in [-0.4, -0.2) is 18.2 Å². The molecule has 0 aliphatic carbocycles. The van der Waals surface area contributed by atoms with Crippen molar-refractivity contribution >= 4 is 6.09 Å². The van der Waals surface area contributed by atoms with Crippen LogP contribution in [0.2, 0.25) is 0 Å². The summed E-state index contributed by atoms with van der Waals surface area (Å²) in [6, 6.07) is 0. The van der Waals surface area contributed by atoms with Crippen LogP contribution >= 0.6 is 0 Å². The van der Waals surface area contributed by atoms with Gasteiger partial charge in [-0.2, -0.15) is 0 Å². The summed E-state index contributed by atoms with van der Waals surface area (Å²) in [6.45, 7) is 8.42. The molecule has 0 saturated heterocycles. The zero-order chi connectivity index (χ0) is 10.3. The van der Waals surface area contributed by atoms with Gasteiger partial charge in [0.15, 0.2) is 0 Å². The van der Waals surface area contributed by atoms with Crippen molar-refractivity contribution in [2.45, 2.75) is 52.6 Å². The van der Waals surface area contributed by atoms with Gasteiger partial charge in [-0.15, -0.1) is 0 Å². The number of carbonyl (C=O) groups is 1. The minimum Gasteiger partial charge on any atom is -0.444 e. The molecule has 3 heteroatoms. The van der Waals surface area contributed by atoms with Gasteiger partial charge in [0.25, 0.3) is 0 Å². The summed E-state index contributed by atoms with van der Waals surface area (Å²) >= 11 is 0. The lowest BCUT2D eigenvalue weighted by Crippen LogP contribution is -2.32. The molecule has 0 aromatic carbocycles. The van der Waals surface area contributed by atoms with Crippen LogP contribution in [0.4, 0.5) is 4.79 Å². The summed E-state index contributed by atoms with van der Waals surface area (Å²) in [5.74, 6) is 0. The van der Waals surface area contributed by atoms with Crippen molar-refractivity contribution in [3.8, 4) is 0 Å². The van der Waals surface area contributed by atoms with Gasteiger partial charge in [0.1, 0.15) is 5.60 Å². The smallest absolute Gasteiger partial charge is 0.407 e. The summed E-state index contributed by atoms with van der Waals surface area (Å²) < 4.78 is 5.07. The fraction of sp³-hybridized carbons (Fsp3) is 0.900. The molecule has 1 N–H and O–H groups in total. The van der Waals surface area contributed by atoms with E-state index in [1.807, 2.05) is 20.8 Å². The van der Waals surface area contributed by atoms with Crippen LogP contribution in [0.25, 0.3) is 0 Å². The summed E-state index contributed by atoms with van der Waals surface area (Å²) in [4.78, 5) is 11.1. The van der Waals surface area contributed by atoms with Crippen LogP contribution in [0, 0.1) is 0 Å². The molecule has 0 unspecified atom stereocenters. The lowest BCUT2D eigenvalue weighted by Gasteiger charge is -2.19. The van der Waals surface area contributed by atoms with E-state index in [2.05, 4.69) is 12.2 Å². The van der Waals surface area contributed by atoms with Crippen LogP contribution in [-0.2, 0) is 4.74 Å². The number of rotatable bonds is 4. The van der Waals surface area contributed by atoms with Crippen LogP contribution in [0.3, 0.4) is 0 Å². The first-order valence-corrected chi connectivity index (χ1v) is 4.92. The lowest BCUT2D eigenvalue weighted by atomic mass is 10.2. The Labute approximate surface area is 80.8 Å². The average molecular weight is 187 g/mol. The number of unbranched alkanes of at least 4 members (excludes halogenated alkanes) is 2. The topological polar surface area (TPSA) is 38.3 Å². The van der Waals surface area contributed by atoms with Crippen LogP contribution in [0.15, 0.2) is 0 Å². The van der Waals surface area contributed by atoms with E-state index in [1.54, 1.807) is 0 Å². The molecule has 0 rings (SSSR count). The van der Waals surface area contributed by atoms with Crippen molar-refractivity contribution in [2.24, 2.45) is 0 Å². The van der Waals surface area contributed by atoms with Crippen molar-refractivity contribution in [1.29, 1.82) is 0 Å². The van der Waals surface area contributed by atoms with E-state index < -0.39 is 5.60 Å². The molecule has 0 bridgehead atoms. The van der Waals surface area contributed by atoms with Crippen LogP contribution < -0.4 is 5.32 Å². The maximum absolute atomic E-state index is 11.1. The maximum Gasteiger partial charge on any atom is 0.407 e. The van der Waals surface area contributed by atoms with Gasteiger partial charge in [-0.1, -0.05) is 19.8 Å². The van der Waals surface area contributed by atoms with Crippen molar-refractivity contribution in [3.05, 3.63) is 0 Å². The molecule has 0 aromatic heterocycles. The Kier molecular flexibility index (Phi) is 5.51. The number of hydrogen-bond acceptors (Lipinski definition) is 2. The highest BCUT2D eigenvalue weighted by Gasteiger charge is 2.15. The molecule has 0 aliphatic heterocycles. The van der Waals surface area contributed by atoms with Gasteiger partial charge in [-0.05, 0) is 27.2 Å². The molecule has 0 atom stereocenters. The highest BCUT2D eigenvalue weighted by molar-refractivity contribution is 5.67. The number of nitrogens with one attached hydrogen (secondary N) is 1. The predicted molar refractivity (Wildman–Crippen MR) is 53.8 cm³/mol. The van der Waals surface area contributed by atoms with Gasteiger partial charge in [0.05, 0.1) is 0 Å². The highest BCUT2D eigenvalue weighted by atomic mass is 16.6. The van der Waals surface area contributed by atoms with Gasteiger partial charge >= 0.3 is 6.09 Å². The van der Waals surface area contributed by atoms with E-state index in [0.717, 1.165) is 19.3 Å². The van der Waals surface area contributed by atoms with E-state index in [-0.39, 0.29) is 6.09 Å². The largest absolute Gasteiger partial charge is 0.444 e. The maximum atomic E-state index is 11.1. The first kappa shape index (κ1) is 12.3. The predicted octanol–water partition coefficient (Wildman–Crippen LogP) is 2.70. The van der Waals surface area contributed by atoms with Gasteiger partial charge < -0.3 is 10.1 Å². The Balaban J connectivity index is 3.41. The molecule has 0 aromatic rings. The van der Waals surface area contributed by atoms with Crippen molar-refractivity contribution < 1.29 is 9.53 Å². The SMILES string of the molecule is CCCCCNC(=O)OC(C)(C)C. The van der Waals surface area contributed by atoms with E-state index in [9.17, 15) is 4.79 Å². The molecular weight excluding hydrogens is 166 g/mol. The molecule has 13 heavy (non-hydrogen) atoms. The van der Waals surface area contributed by atoms with Gasteiger partial charge in [0, 0.05) is 6.54 Å². The summed E-state index contributed by atoms with van der Waals surface area (Å²) in [5.41, 5.74) is -0.394. The Hall–Kier alpha value is -0.730. The fourth-order valence-corrected chi connectivity index (χ4v) is 0.880. The number of alkyl carbamates (subject to hydrolysis) is 1. The molecule has 1 amide bonds. The highest BCUT2D eigenvalue weighted by Crippen LogP contribution is 2.06. The first-order valence-electron chi connectivity index (χ1n) is 4.92. The molecular formula is C10H21NO2. The zero-order valence-corrected chi connectivity index (χ0v) is 9.14. The quantitative estimate of drug-likeness (QED) is 0.687. The lowest BCUT2D eigenvalue weighted by molar-refractivity contribution is 0.0527. The monoisotopic (exact) mass is 187 g/mol. The van der Waals surface area contributed by atoms with Crippen molar-refractivity contribution in [2.75, 3.05) is 6.54 Å². The Morgan fingerprint density at radius 2 is 1.92 bits per heavy atom. The second-order valence-corrected chi connectivity index (χ2v) is 4.14. The molecule has 78 valence electrons. The zero-order valence-electron chi connectivity index (χ0n) is 9.14. The third kappa shape index (κ3) is 9.18. The van der Waals surface area contributed by atoms with Gasteiger partial charge in [0.2, 0.25) is 0 Å². The number of carbonyl (C=O) groups excluding carboxylic acids is 1. The molecule has 0 radical (unpaired) electrons. The minimum atomic E-state index is -0.394. The number of ether oxygens (including phenoxy) is 1. The van der Waals surface area contributed by atoms with E-state index >= 15 is 0 Å². The van der Waals surface area contributed by atoms with Gasteiger partial charge in [-0.3, -0.25) is 0 Å². The minimum absolute atomic E-state index is 0.316. The van der Waals surface area contributed by atoms with Crippen LogP contribution in [0.1, 0.15) is 47.0 Å². The van der Waals surface area contributed by atoms with E-state index in [1.165, 1.54) is 0 Å². The molecule has 0 fully saturated rings. The first-order chi connectivity index (χ1) is 5.95. The summed E-state index contributed by atoms with van der Waals surface area (Å²) in [6.07, 6.45) is 3.02. The molecule has 0 aliphatic rings. The molecule has 0 heterocycles. The van der Waals surface area contributed by atoms with Crippen molar-refractivity contribution in [3.63, 3.8) is 0 Å². The Bertz CT molecular complexity index is 149. The second kappa shape index (κ2) is 5.84. The van der Waals surface area contributed by atoms with Crippen LogP contribution in [0.5, 0.6) is 0 Å². The average Bonchev–Trinajstić information content (AvgIpc) is 1.94. The molecule has 3 nitrogen and oxygen atoms in total. The van der Waals surface area contributed by atoms with Gasteiger partial charge in [-0.25, -0.2) is 4.79 Å². The van der Waals surface area contributed by atoms with E-state index in [0.29, 0.717) is 6.54 Å². The normalized spacial score (nSPS) is 11.1. The van der Waals surface area contributed by atoms with E-state index in [4.69, 9.17) is 4.74 Å².